The van der Waals surface area contributed by atoms with Crippen LogP contribution in [-0.4, -0.2) is 57.8 Å². The van der Waals surface area contributed by atoms with Crippen molar-refractivity contribution in [3.8, 4) is 0 Å². The van der Waals surface area contributed by atoms with E-state index >= 15 is 0 Å². The highest BCUT2D eigenvalue weighted by atomic mass is 16.6. The van der Waals surface area contributed by atoms with E-state index in [1.54, 1.807) is 0 Å². The summed E-state index contributed by atoms with van der Waals surface area (Å²) in [4.78, 5) is 13.7. The highest BCUT2D eigenvalue weighted by molar-refractivity contribution is 6.02. The van der Waals surface area contributed by atoms with Crippen LogP contribution in [0.2, 0.25) is 0 Å². The summed E-state index contributed by atoms with van der Waals surface area (Å²) in [6, 6.07) is 0. The molecular weight excluding hydrogens is 334 g/mol. The lowest BCUT2D eigenvalue weighted by atomic mass is 9.37. The first-order chi connectivity index (χ1) is 12.2. The van der Waals surface area contributed by atoms with Gasteiger partial charge in [-0.15, -0.1) is 0 Å². The summed E-state index contributed by atoms with van der Waals surface area (Å²) in [5.74, 6) is -2.77. The molecule has 142 valence electrons. The summed E-state index contributed by atoms with van der Waals surface area (Å²) in [5.41, 5.74) is -2.91. The summed E-state index contributed by atoms with van der Waals surface area (Å²) in [5, 5.41) is 37.6. The van der Waals surface area contributed by atoms with Gasteiger partial charge in [0.15, 0.2) is 5.78 Å². The van der Waals surface area contributed by atoms with Crippen molar-refractivity contribution >= 4 is 5.78 Å². The standard InChI is InChI=1S/C20H27NO5/c1-16(2)6-3-7-17-9-26-20(25,14(23)12(16)17)19-11(17)5-4-10(13(19)22)18(8-21-18)15(19)24/h3,7,10-14,21-23,25H,4-6,8-9H2,1-2H3/t10-,11?,12?,13-,14+,17-,18?,19-,20?/m1/s1. The molecule has 0 amide bonds. The fourth-order valence-electron chi connectivity index (χ4n) is 8.18. The minimum Gasteiger partial charge on any atom is -0.391 e. The number of nitrogens with one attached hydrogen (secondary N) is 1. The monoisotopic (exact) mass is 361 g/mol. The van der Waals surface area contributed by atoms with Crippen LogP contribution in [0.15, 0.2) is 12.2 Å². The Morgan fingerprint density at radius 1 is 1.23 bits per heavy atom. The molecule has 4 bridgehead atoms. The number of carbonyl (C=O) groups excluding carboxylic acids is 1. The van der Waals surface area contributed by atoms with Crippen LogP contribution in [0.1, 0.15) is 33.1 Å². The Hall–Kier alpha value is -0.790. The molecule has 6 nitrogen and oxygen atoms in total. The molecule has 6 heteroatoms. The fourth-order valence-corrected chi connectivity index (χ4v) is 8.18. The number of ketones is 1. The quantitative estimate of drug-likeness (QED) is 0.356. The summed E-state index contributed by atoms with van der Waals surface area (Å²) in [6.45, 7) is 5.07. The molecule has 9 atom stereocenters. The SMILES string of the molecule is CC1(C)CC=C[C@]23COC(O)([C@@H](O)C12)[C@]12C(=O)C4(CN4)[C@H](CCC31)[C@H]2O. The van der Waals surface area contributed by atoms with Gasteiger partial charge >= 0.3 is 0 Å². The summed E-state index contributed by atoms with van der Waals surface area (Å²) >= 11 is 0. The molecule has 3 saturated carbocycles. The predicted octanol–water partition coefficient (Wildman–Crippen LogP) is -0.0334. The summed E-state index contributed by atoms with van der Waals surface area (Å²) in [6.07, 6.45) is 4.44. The van der Waals surface area contributed by atoms with E-state index in [-0.39, 0.29) is 29.0 Å². The van der Waals surface area contributed by atoms with Crippen LogP contribution in [0.3, 0.4) is 0 Å². The van der Waals surface area contributed by atoms with Crippen LogP contribution in [0.25, 0.3) is 0 Å². The van der Waals surface area contributed by atoms with Crippen molar-refractivity contribution in [2.24, 2.45) is 34.0 Å². The van der Waals surface area contributed by atoms with E-state index in [0.717, 1.165) is 19.3 Å². The predicted molar refractivity (Wildman–Crippen MR) is 90.8 cm³/mol. The minimum atomic E-state index is -2.02. The molecule has 3 aliphatic heterocycles. The van der Waals surface area contributed by atoms with Gasteiger partial charge in [0.05, 0.1) is 18.2 Å². The van der Waals surface area contributed by atoms with E-state index in [0.29, 0.717) is 13.2 Å². The van der Waals surface area contributed by atoms with Gasteiger partial charge in [-0.05, 0) is 30.6 Å². The zero-order valence-corrected chi connectivity index (χ0v) is 15.2. The molecule has 0 aromatic heterocycles. The molecule has 4 N–H and O–H groups in total. The van der Waals surface area contributed by atoms with E-state index < -0.39 is 34.4 Å². The molecular formula is C20H27NO5. The van der Waals surface area contributed by atoms with Gasteiger partial charge in [-0.25, -0.2) is 0 Å². The Kier molecular flexibility index (Phi) is 2.57. The Balaban J connectivity index is 1.65. The van der Waals surface area contributed by atoms with E-state index in [1.165, 1.54) is 0 Å². The maximum Gasteiger partial charge on any atom is 0.208 e. The second-order valence-corrected chi connectivity index (χ2v) is 10.3. The lowest BCUT2D eigenvalue weighted by molar-refractivity contribution is -0.436. The van der Waals surface area contributed by atoms with E-state index in [4.69, 9.17) is 4.74 Å². The van der Waals surface area contributed by atoms with Crippen LogP contribution < -0.4 is 5.32 Å². The number of fused-ring (bicyclic) bond motifs is 3. The first-order valence-corrected chi connectivity index (χ1v) is 9.89. The highest BCUT2D eigenvalue weighted by Crippen LogP contribution is 2.76. The van der Waals surface area contributed by atoms with E-state index in [1.807, 2.05) is 0 Å². The Bertz CT molecular complexity index is 759. The smallest absolute Gasteiger partial charge is 0.208 e. The maximum absolute atomic E-state index is 13.7. The molecule has 3 spiro atoms. The first-order valence-electron chi connectivity index (χ1n) is 9.89. The van der Waals surface area contributed by atoms with Crippen LogP contribution in [-0.2, 0) is 9.53 Å². The van der Waals surface area contributed by atoms with Crippen molar-refractivity contribution < 1.29 is 24.9 Å². The molecule has 3 saturated heterocycles. The van der Waals surface area contributed by atoms with Gasteiger partial charge in [-0.1, -0.05) is 26.0 Å². The third-order valence-electron chi connectivity index (χ3n) is 9.13. The molecule has 7 aliphatic rings. The van der Waals surface area contributed by atoms with Crippen molar-refractivity contribution in [3.63, 3.8) is 0 Å². The lowest BCUT2D eigenvalue weighted by Gasteiger charge is -2.72. The lowest BCUT2D eigenvalue weighted by Crippen LogP contribution is -2.83. The van der Waals surface area contributed by atoms with Crippen LogP contribution >= 0.6 is 0 Å². The Morgan fingerprint density at radius 3 is 2.65 bits per heavy atom. The van der Waals surface area contributed by atoms with Crippen LogP contribution in [0.5, 0.6) is 0 Å². The molecule has 3 heterocycles. The van der Waals surface area contributed by atoms with E-state index in [9.17, 15) is 20.1 Å². The van der Waals surface area contributed by atoms with Gasteiger partial charge in [0.2, 0.25) is 5.79 Å². The molecule has 4 unspecified atom stereocenters. The second-order valence-electron chi connectivity index (χ2n) is 10.3. The zero-order chi connectivity index (χ0) is 18.3. The van der Waals surface area contributed by atoms with Crippen LogP contribution in [0.4, 0.5) is 0 Å². The van der Waals surface area contributed by atoms with Gasteiger partial charge in [0, 0.05) is 23.8 Å². The van der Waals surface area contributed by atoms with Gasteiger partial charge in [0.25, 0.3) is 0 Å². The third-order valence-corrected chi connectivity index (χ3v) is 9.13. The zero-order valence-electron chi connectivity index (χ0n) is 15.2. The largest absolute Gasteiger partial charge is 0.391 e. The van der Waals surface area contributed by atoms with Gasteiger partial charge in [-0.3, -0.25) is 4.79 Å². The van der Waals surface area contributed by atoms with Gasteiger partial charge in [0.1, 0.15) is 11.5 Å². The highest BCUT2D eigenvalue weighted by Gasteiger charge is 2.89. The number of hydrogen-bond donors (Lipinski definition) is 4. The van der Waals surface area contributed by atoms with Crippen molar-refractivity contribution in [2.75, 3.05) is 13.2 Å². The Labute approximate surface area is 152 Å². The number of ether oxygens (including phenoxy) is 1. The third kappa shape index (κ3) is 1.26. The van der Waals surface area contributed by atoms with Crippen molar-refractivity contribution in [1.29, 1.82) is 0 Å². The number of aliphatic hydroxyl groups excluding tert-OH is 2. The maximum atomic E-state index is 13.7. The number of Topliss-reactive ketones (excluding diaryl/α,β-unsaturated/α-hetero) is 1. The second kappa shape index (κ2) is 4.13. The molecule has 26 heavy (non-hydrogen) atoms. The van der Waals surface area contributed by atoms with Crippen LogP contribution in [0, 0.1) is 34.0 Å². The molecule has 4 aliphatic carbocycles. The molecule has 6 fully saturated rings. The first kappa shape index (κ1) is 16.2. The number of rotatable bonds is 0. The average Bonchev–Trinajstić information content (AvgIpc) is 3.36. The van der Waals surface area contributed by atoms with Gasteiger partial charge < -0.3 is 25.4 Å². The average molecular weight is 361 g/mol. The number of carbonyl (C=O) groups is 1. The number of hydrogen-bond acceptors (Lipinski definition) is 6. The molecule has 7 rings (SSSR count). The fraction of sp³-hybridized carbons (Fsp3) is 0.850. The molecule has 0 radical (unpaired) electrons. The number of allylic oxidation sites excluding steroid dienone is 1. The Morgan fingerprint density at radius 2 is 1.96 bits per heavy atom. The van der Waals surface area contributed by atoms with Crippen molar-refractivity contribution in [2.45, 2.75) is 56.6 Å². The van der Waals surface area contributed by atoms with Crippen molar-refractivity contribution in [1.82, 2.24) is 5.32 Å². The molecule has 0 aromatic rings. The van der Waals surface area contributed by atoms with Crippen molar-refractivity contribution in [3.05, 3.63) is 12.2 Å². The number of aliphatic hydroxyl groups is 3. The molecule has 0 aromatic carbocycles. The summed E-state index contributed by atoms with van der Waals surface area (Å²) < 4.78 is 5.93. The van der Waals surface area contributed by atoms with Gasteiger partial charge in [-0.2, -0.15) is 0 Å². The van der Waals surface area contributed by atoms with E-state index in [2.05, 4.69) is 31.3 Å². The summed E-state index contributed by atoms with van der Waals surface area (Å²) in [7, 11) is 0. The minimum absolute atomic E-state index is 0.138. The topological polar surface area (TPSA) is 109 Å². The normalized spacial score (nSPS) is 63.7.